The van der Waals surface area contributed by atoms with Gasteiger partial charge >= 0.3 is 0 Å². The predicted octanol–water partition coefficient (Wildman–Crippen LogP) is 5.47. The van der Waals surface area contributed by atoms with Crippen LogP contribution in [0.15, 0.2) is 71.6 Å². The van der Waals surface area contributed by atoms with Gasteiger partial charge in [-0.2, -0.15) is 0 Å². The van der Waals surface area contributed by atoms with E-state index in [0.29, 0.717) is 34.3 Å². The van der Waals surface area contributed by atoms with Gasteiger partial charge in [0, 0.05) is 21.4 Å². The SMILES string of the molecule is COc1ccc(NC(=O)C2(c3cccc(Cl)c3)CC2)cc1S(=O)(=O)Nc1ccc(Cl)cc1. The number of carbonyl (C=O) groups excluding carboxylic acids is 1. The van der Waals surface area contributed by atoms with E-state index in [0.717, 1.165) is 5.56 Å². The van der Waals surface area contributed by atoms with E-state index >= 15 is 0 Å². The van der Waals surface area contributed by atoms with E-state index in [1.54, 1.807) is 42.5 Å². The van der Waals surface area contributed by atoms with Crippen molar-refractivity contribution < 1.29 is 17.9 Å². The second-order valence-electron chi connectivity index (χ2n) is 7.52. The molecule has 3 aromatic rings. The fourth-order valence-electron chi connectivity index (χ4n) is 3.50. The minimum absolute atomic E-state index is 0.0969. The number of hydrogen-bond acceptors (Lipinski definition) is 4. The number of methoxy groups -OCH3 is 1. The third-order valence-electron chi connectivity index (χ3n) is 5.37. The van der Waals surface area contributed by atoms with Crippen LogP contribution in [-0.2, 0) is 20.2 Å². The normalized spacial score (nSPS) is 14.5. The molecule has 0 radical (unpaired) electrons. The molecule has 0 atom stereocenters. The van der Waals surface area contributed by atoms with Crippen LogP contribution in [0.5, 0.6) is 5.75 Å². The van der Waals surface area contributed by atoms with Gasteiger partial charge in [-0.25, -0.2) is 8.42 Å². The van der Waals surface area contributed by atoms with Crippen LogP contribution in [0.1, 0.15) is 18.4 Å². The largest absolute Gasteiger partial charge is 0.495 e. The highest BCUT2D eigenvalue weighted by atomic mass is 35.5. The Morgan fingerprint density at radius 2 is 1.62 bits per heavy atom. The van der Waals surface area contributed by atoms with Crippen LogP contribution in [0, 0.1) is 0 Å². The molecule has 2 N–H and O–H groups in total. The minimum Gasteiger partial charge on any atom is -0.495 e. The Kier molecular flexibility index (Phi) is 6.07. The van der Waals surface area contributed by atoms with Crippen molar-refractivity contribution in [2.45, 2.75) is 23.2 Å². The van der Waals surface area contributed by atoms with Gasteiger partial charge in [-0.1, -0.05) is 35.3 Å². The van der Waals surface area contributed by atoms with E-state index in [-0.39, 0.29) is 16.6 Å². The molecule has 1 amide bonds. The molecule has 1 aliphatic carbocycles. The maximum absolute atomic E-state index is 13.1. The Bertz CT molecular complexity index is 1270. The zero-order valence-corrected chi connectivity index (χ0v) is 19.4. The van der Waals surface area contributed by atoms with Crippen molar-refractivity contribution in [3.05, 3.63) is 82.3 Å². The topological polar surface area (TPSA) is 84.5 Å². The highest BCUT2D eigenvalue weighted by molar-refractivity contribution is 7.92. The molecule has 4 rings (SSSR count). The summed E-state index contributed by atoms with van der Waals surface area (Å²) in [5.74, 6) is -0.0561. The molecule has 3 aromatic carbocycles. The van der Waals surface area contributed by atoms with Gasteiger partial charge in [0.2, 0.25) is 5.91 Å². The Morgan fingerprint density at radius 3 is 2.25 bits per heavy atom. The van der Waals surface area contributed by atoms with Crippen LogP contribution in [-0.4, -0.2) is 21.4 Å². The summed E-state index contributed by atoms with van der Waals surface area (Å²) in [4.78, 5) is 13.0. The summed E-state index contributed by atoms with van der Waals surface area (Å²) in [7, 11) is -2.61. The molecule has 6 nitrogen and oxygen atoms in total. The van der Waals surface area contributed by atoms with Crippen molar-refractivity contribution in [2.24, 2.45) is 0 Å². The number of carbonyl (C=O) groups is 1. The van der Waals surface area contributed by atoms with Gasteiger partial charge in [0.25, 0.3) is 10.0 Å². The number of ether oxygens (including phenoxy) is 1. The summed E-state index contributed by atoms with van der Waals surface area (Å²) in [6.45, 7) is 0. The lowest BCUT2D eigenvalue weighted by Gasteiger charge is -2.18. The molecule has 0 aliphatic heterocycles. The van der Waals surface area contributed by atoms with Gasteiger partial charge in [0.05, 0.1) is 12.5 Å². The summed E-state index contributed by atoms with van der Waals surface area (Å²) < 4.78 is 33.8. The van der Waals surface area contributed by atoms with Crippen molar-refractivity contribution in [3.8, 4) is 5.75 Å². The van der Waals surface area contributed by atoms with E-state index in [1.165, 1.54) is 19.2 Å². The number of rotatable bonds is 7. The first-order valence-electron chi connectivity index (χ1n) is 9.77. The third-order valence-corrected chi connectivity index (χ3v) is 7.26. The summed E-state index contributed by atoms with van der Waals surface area (Å²) in [5, 5.41) is 3.90. The van der Waals surface area contributed by atoms with E-state index in [2.05, 4.69) is 10.0 Å². The third kappa shape index (κ3) is 4.55. The zero-order chi connectivity index (χ0) is 22.9. The van der Waals surface area contributed by atoms with E-state index in [9.17, 15) is 13.2 Å². The van der Waals surface area contributed by atoms with Gasteiger partial charge in [-0.15, -0.1) is 0 Å². The molecule has 1 fully saturated rings. The average molecular weight is 491 g/mol. The Hall–Kier alpha value is -2.74. The van der Waals surface area contributed by atoms with Gasteiger partial charge in [-0.05, 0) is 73.0 Å². The van der Waals surface area contributed by atoms with Crippen LogP contribution in [0.2, 0.25) is 10.0 Å². The van der Waals surface area contributed by atoms with Crippen molar-refractivity contribution in [1.29, 1.82) is 0 Å². The molecule has 32 heavy (non-hydrogen) atoms. The van der Waals surface area contributed by atoms with Gasteiger partial charge < -0.3 is 10.1 Å². The lowest BCUT2D eigenvalue weighted by molar-refractivity contribution is -0.118. The highest BCUT2D eigenvalue weighted by Crippen LogP contribution is 2.49. The van der Waals surface area contributed by atoms with Crippen LogP contribution in [0.25, 0.3) is 0 Å². The Morgan fingerprint density at radius 1 is 0.938 bits per heavy atom. The highest BCUT2D eigenvalue weighted by Gasteiger charge is 2.51. The number of benzene rings is 3. The maximum Gasteiger partial charge on any atom is 0.265 e. The summed E-state index contributed by atoms with van der Waals surface area (Å²) >= 11 is 12.0. The first kappa shape index (κ1) is 22.5. The first-order valence-corrected chi connectivity index (χ1v) is 12.0. The lowest BCUT2D eigenvalue weighted by Crippen LogP contribution is -2.28. The van der Waals surface area contributed by atoms with Crippen molar-refractivity contribution in [1.82, 2.24) is 0 Å². The number of sulfonamides is 1. The number of amides is 1. The summed E-state index contributed by atoms with van der Waals surface area (Å²) in [6.07, 6.45) is 1.39. The van der Waals surface area contributed by atoms with Crippen molar-refractivity contribution in [2.75, 3.05) is 17.1 Å². The van der Waals surface area contributed by atoms with Gasteiger partial charge in [0.1, 0.15) is 10.6 Å². The molecular weight excluding hydrogens is 471 g/mol. The van der Waals surface area contributed by atoms with Crippen LogP contribution >= 0.6 is 23.2 Å². The second-order valence-corrected chi connectivity index (χ2v) is 10.0. The van der Waals surface area contributed by atoms with Gasteiger partial charge in [-0.3, -0.25) is 9.52 Å². The molecule has 0 saturated heterocycles. The van der Waals surface area contributed by atoms with Crippen LogP contribution in [0.4, 0.5) is 11.4 Å². The minimum atomic E-state index is -3.99. The fourth-order valence-corrected chi connectivity index (χ4v) is 5.07. The maximum atomic E-state index is 13.1. The number of anilines is 2. The molecule has 1 aliphatic rings. The summed E-state index contributed by atoms with van der Waals surface area (Å²) in [6, 6.07) is 18.0. The molecule has 9 heteroatoms. The molecule has 1 saturated carbocycles. The van der Waals surface area contributed by atoms with Crippen molar-refractivity contribution in [3.63, 3.8) is 0 Å². The summed E-state index contributed by atoms with van der Waals surface area (Å²) in [5.41, 5.74) is 0.878. The molecule has 0 aromatic heterocycles. The smallest absolute Gasteiger partial charge is 0.265 e. The fraction of sp³-hybridized carbons (Fsp3) is 0.174. The van der Waals surface area contributed by atoms with E-state index < -0.39 is 15.4 Å². The standard InChI is InChI=1S/C23H20Cl2N2O4S/c1-31-20-10-9-19(14-21(20)32(29,30)27-18-7-5-16(24)6-8-18)26-22(28)23(11-12-23)15-3-2-4-17(25)13-15/h2-10,13-14,27H,11-12H2,1H3,(H,26,28). The monoisotopic (exact) mass is 490 g/mol. The van der Waals surface area contributed by atoms with E-state index in [1.807, 2.05) is 12.1 Å². The number of hydrogen-bond donors (Lipinski definition) is 2. The average Bonchev–Trinajstić information content (AvgIpc) is 3.57. The molecule has 0 unspecified atom stereocenters. The Balaban J connectivity index is 1.60. The first-order chi connectivity index (χ1) is 15.2. The van der Waals surface area contributed by atoms with Gasteiger partial charge in [0.15, 0.2) is 0 Å². The molecule has 0 heterocycles. The Labute approximate surface area is 196 Å². The molecule has 0 bridgehead atoms. The zero-order valence-electron chi connectivity index (χ0n) is 17.1. The number of nitrogens with one attached hydrogen (secondary N) is 2. The molecule has 166 valence electrons. The number of halogens is 2. The predicted molar refractivity (Wildman–Crippen MR) is 126 cm³/mol. The molecule has 0 spiro atoms. The van der Waals surface area contributed by atoms with E-state index in [4.69, 9.17) is 27.9 Å². The lowest BCUT2D eigenvalue weighted by atomic mass is 9.95. The van der Waals surface area contributed by atoms with Crippen molar-refractivity contribution >= 4 is 50.5 Å². The quantitative estimate of drug-likeness (QED) is 0.459. The molecular formula is C23H20Cl2N2O4S. The van der Waals surface area contributed by atoms with Crippen LogP contribution in [0.3, 0.4) is 0 Å². The van der Waals surface area contributed by atoms with Crippen LogP contribution < -0.4 is 14.8 Å². The second kappa shape index (κ2) is 8.65.